The maximum absolute atomic E-state index is 12.6. The van der Waals surface area contributed by atoms with Gasteiger partial charge in [0.1, 0.15) is 6.07 Å². The standard InChI is InChI=1S/C15H16ClN3O2/c1-9-11(4-3-10(7-17)13(9)16)18-8-15(2)12(20)5-6-19(15)14(18)21/h3-4,12,20H,5-6,8H2,1-2H3/t12-,15-/m0/s1. The second kappa shape index (κ2) is 4.62. The molecule has 0 aliphatic carbocycles. The Morgan fingerprint density at radius 3 is 2.86 bits per heavy atom. The zero-order valence-electron chi connectivity index (χ0n) is 11.9. The number of aliphatic hydroxyl groups excluding tert-OH is 1. The average molecular weight is 306 g/mol. The van der Waals surface area contributed by atoms with Gasteiger partial charge in [0.25, 0.3) is 0 Å². The summed E-state index contributed by atoms with van der Waals surface area (Å²) in [6, 6.07) is 5.29. The van der Waals surface area contributed by atoms with Gasteiger partial charge in [-0.15, -0.1) is 0 Å². The molecule has 110 valence electrons. The highest BCUT2D eigenvalue weighted by atomic mass is 35.5. The van der Waals surface area contributed by atoms with E-state index in [0.717, 1.165) is 0 Å². The number of nitriles is 1. The highest BCUT2D eigenvalue weighted by molar-refractivity contribution is 6.33. The maximum Gasteiger partial charge on any atom is 0.325 e. The van der Waals surface area contributed by atoms with Crippen LogP contribution in [0.15, 0.2) is 12.1 Å². The molecular formula is C15H16ClN3O2. The van der Waals surface area contributed by atoms with Gasteiger partial charge in [0.15, 0.2) is 0 Å². The van der Waals surface area contributed by atoms with Crippen LogP contribution in [0.4, 0.5) is 10.5 Å². The Bertz CT molecular complexity index is 670. The Morgan fingerprint density at radius 2 is 2.24 bits per heavy atom. The first-order valence-corrected chi connectivity index (χ1v) is 7.24. The third kappa shape index (κ3) is 1.83. The third-order valence-electron chi connectivity index (χ3n) is 4.67. The Labute approximate surface area is 128 Å². The molecule has 1 aromatic rings. The van der Waals surface area contributed by atoms with E-state index in [9.17, 15) is 9.90 Å². The summed E-state index contributed by atoms with van der Waals surface area (Å²) in [5, 5.41) is 19.5. The van der Waals surface area contributed by atoms with Crippen molar-refractivity contribution in [1.82, 2.24) is 4.90 Å². The fraction of sp³-hybridized carbons (Fsp3) is 0.467. The molecule has 0 unspecified atom stereocenters. The van der Waals surface area contributed by atoms with Crippen LogP contribution in [0.2, 0.25) is 5.02 Å². The molecule has 21 heavy (non-hydrogen) atoms. The van der Waals surface area contributed by atoms with Crippen LogP contribution in [-0.2, 0) is 0 Å². The predicted molar refractivity (Wildman–Crippen MR) is 79.4 cm³/mol. The van der Waals surface area contributed by atoms with Crippen molar-refractivity contribution in [3.05, 3.63) is 28.3 Å². The summed E-state index contributed by atoms with van der Waals surface area (Å²) in [6.45, 7) is 4.70. The van der Waals surface area contributed by atoms with Crippen molar-refractivity contribution >= 4 is 23.3 Å². The van der Waals surface area contributed by atoms with Crippen LogP contribution in [0.5, 0.6) is 0 Å². The zero-order valence-corrected chi connectivity index (χ0v) is 12.7. The molecule has 6 heteroatoms. The summed E-state index contributed by atoms with van der Waals surface area (Å²) < 4.78 is 0. The van der Waals surface area contributed by atoms with Crippen molar-refractivity contribution in [2.24, 2.45) is 0 Å². The van der Waals surface area contributed by atoms with Gasteiger partial charge in [0.05, 0.1) is 28.8 Å². The fourth-order valence-corrected chi connectivity index (χ4v) is 3.48. The van der Waals surface area contributed by atoms with Gasteiger partial charge < -0.3 is 10.0 Å². The Hall–Kier alpha value is -1.77. The van der Waals surface area contributed by atoms with Crippen LogP contribution < -0.4 is 4.90 Å². The normalized spacial score (nSPS) is 28.0. The number of aliphatic hydroxyl groups is 1. The van der Waals surface area contributed by atoms with Gasteiger partial charge in [0.2, 0.25) is 0 Å². The lowest BCUT2D eigenvalue weighted by Crippen LogP contribution is -2.46. The topological polar surface area (TPSA) is 67.6 Å². The van der Waals surface area contributed by atoms with Crippen molar-refractivity contribution in [2.75, 3.05) is 18.0 Å². The molecule has 0 spiro atoms. The number of benzene rings is 1. The molecule has 0 saturated carbocycles. The first kappa shape index (κ1) is 14.2. The largest absolute Gasteiger partial charge is 0.391 e. The molecule has 1 aromatic carbocycles. The summed E-state index contributed by atoms with van der Waals surface area (Å²) >= 11 is 6.19. The number of rotatable bonds is 1. The van der Waals surface area contributed by atoms with E-state index in [0.29, 0.717) is 41.3 Å². The lowest BCUT2D eigenvalue weighted by molar-refractivity contribution is 0.0829. The quantitative estimate of drug-likeness (QED) is 0.865. The van der Waals surface area contributed by atoms with Crippen LogP contribution in [0.3, 0.4) is 0 Å². The first-order valence-electron chi connectivity index (χ1n) is 6.86. The summed E-state index contributed by atoms with van der Waals surface area (Å²) in [5.74, 6) is 0. The molecule has 5 nitrogen and oxygen atoms in total. The van der Waals surface area contributed by atoms with Gasteiger partial charge >= 0.3 is 6.03 Å². The summed E-state index contributed by atoms with van der Waals surface area (Å²) in [4.78, 5) is 16.0. The number of hydrogen-bond acceptors (Lipinski definition) is 3. The number of carbonyl (C=O) groups is 1. The zero-order chi connectivity index (χ0) is 15.4. The molecule has 2 saturated heterocycles. The second-order valence-corrected chi connectivity index (χ2v) is 6.24. The number of urea groups is 1. The van der Waals surface area contributed by atoms with Crippen molar-refractivity contribution in [1.29, 1.82) is 5.26 Å². The molecule has 3 rings (SSSR count). The van der Waals surface area contributed by atoms with E-state index < -0.39 is 11.6 Å². The van der Waals surface area contributed by atoms with E-state index in [-0.39, 0.29) is 6.03 Å². The van der Waals surface area contributed by atoms with E-state index >= 15 is 0 Å². The summed E-state index contributed by atoms with van der Waals surface area (Å²) in [5.41, 5.74) is 1.26. The summed E-state index contributed by atoms with van der Waals surface area (Å²) in [6.07, 6.45) is 0.101. The minimum absolute atomic E-state index is 0.113. The smallest absolute Gasteiger partial charge is 0.325 e. The highest BCUT2D eigenvalue weighted by Crippen LogP contribution is 2.40. The van der Waals surface area contributed by atoms with Crippen LogP contribution in [0, 0.1) is 18.3 Å². The van der Waals surface area contributed by atoms with Crippen molar-refractivity contribution < 1.29 is 9.90 Å². The van der Waals surface area contributed by atoms with Gasteiger partial charge in [-0.25, -0.2) is 4.79 Å². The van der Waals surface area contributed by atoms with Crippen LogP contribution in [0.1, 0.15) is 24.5 Å². The minimum atomic E-state index is -0.552. The lowest BCUT2D eigenvalue weighted by Gasteiger charge is -2.28. The average Bonchev–Trinajstić information content (AvgIpc) is 2.88. The number of halogens is 1. The van der Waals surface area contributed by atoms with E-state index in [1.54, 1.807) is 28.9 Å². The summed E-state index contributed by atoms with van der Waals surface area (Å²) in [7, 11) is 0. The van der Waals surface area contributed by atoms with Crippen molar-refractivity contribution in [3.8, 4) is 6.07 Å². The number of amides is 2. The Morgan fingerprint density at radius 1 is 1.52 bits per heavy atom. The number of nitrogens with zero attached hydrogens (tertiary/aromatic N) is 3. The molecule has 2 heterocycles. The minimum Gasteiger partial charge on any atom is -0.391 e. The number of fused-ring (bicyclic) bond motifs is 1. The Balaban J connectivity index is 2.02. The molecule has 2 aliphatic heterocycles. The molecule has 2 fully saturated rings. The van der Waals surface area contributed by atoms with E-state index in [2.05, 4.69) is 0 Å². The Kier molecular flexibility index (Phi) is 3.12. The van der Waals surface area contributed by atoms with E-state index in [4.69, 9.17) is 16.9 Å². The van der Waals surface area contributed by atoms with Gasteiger partial charge in [-0.2, -0.15) is 5.26 Å². The third-order valence-corrected chi connectivity index (χ3v) is 5.16. The maximum atomic E-state index is 12.6. The molecule has 1 N–H and O–H groups in total. The monoisotopic (exact) mass is 305 g/mol. The molecule has 2 amide bonds. The van der Waals surface area contributed by atoms with Crippen LogP contribution in [-0.4, -0.2) is 40.8 Å². The molecule has 2 atom stereocenters. The number of hydrogen-bond donors (Lipinski definition) is 1. The van der Waals surface area contributed by atoms with Gasteiger partial charge in [-0.05, 0) is 38.0 Å². The van der Waals surface area contributed by atoms with Crippen molar-refractivity contribution in [2.45, 2.75) is 31.9 Å². The number of anilines is 1. The number of carbonyl (C=O) groups excluding carboxylic acids is 1. The predicted octanol–water partition coefficient (Wildman–Crippen LogP) is 2.29. The van der Waals surface area contributed by atoms with Gasteiger partial charge in [-0.1, -0.05) is 11.6 Å². The van der Waals surface area contributed by atoms with E-state index in [1.165, 1.54) is 0 Å². The molecule has 0 bridgehead atoms. The first-order chi connectivity index (χ1) is 9.90. The van der Waals surface area contributed by atoms with Crippen LogP contribution in [0.25, 0.3) is 0 Å². The van der Waals surface area contributed by atoms with Gasteiger partial charge in [0, 0.05) is 12.2 Å². The molecule has 2 aliphatic rings. The SMILES string of the molecule is Cc1c(N2C[C@@]3(C)[C@@H](O)CCN3C2=O)ccc(C#N)c1Cl. The lowest BCUT2D eigenvalue weighted by atomic mass is 9.96. The van der Waals surface area contributed by atoms with Crippen molar-refractivity contribution in [3.63, 3.8) is 0 Å². The molecular weight excluding hydrogens is 290 g/mol. The highest BCUT2D eigenvalue weighted by Gasteiger charge is 2.54. The second-order valence-electron chi connectivity index (χ2n) is 5.87. The van der Waals surface area contributed by atoms with E-state index in [1.807, 2.05) is 13.0 Å². The van der Waals surface area contributed by atoms with Crippen LogP contribution >= 0.6 is 11.6 Å². The van der Waals surface area contributed by atoms with Gasteiger partial charge in [-0.3, -0.25) is 4.90 Å². The molecule has 0 radical (unpaired) electrons. The fourth-order valence-electron chi connectivity index (χ4n) is 3.28. The molecule has 0 aromatic heterocycles.